The van der Waals surface area contributed by atoms with E-state index < -0.39 is 0 Å². The summed E-state index contributed by atoms with van der Waals surface area (Å²) in [7, 11) is 1.64. The third-order valence-electron chi connectivity index (χ3n) is 1.39. The largest absolute Gasteiger partial charge is 0.497 e. The molecular weight excluding hydrogens is 138 g/mol. The lowest BCUT2D eigenvalue weighted by atomic mass is 10.3. The Morgan fingerprint density at radius 1 is 1.55 bits per heavy atom. The van der Waals surface area contributed by atoms with Gasteiger partial charge in [0, 0.05) is 17.8 Å². The highest BCUT2D eigenvalue weighted by Gasteiger charge is 1.95. The van der Waals surface area contributed by atoms with Crippen molar-refractivity contribution in [3.63, 3.8) is 0 Å². The fourth-order valence-electron chi connectivity index (χ4n) is 0.884. The van der Waals surface area contributed by atoms with E-state index >= 15 is 0 Å². The van der Waals surface area contributed by atoms with Crippen LogP contribution in [0.2, 0.25) is 0 Å². The molecule has 2 nitrogen and oxygen atoms in total. The number of pyridine rings is 1. The van der Waals surface area contributed by atoms with Gasteiger partial charge in [-0.25, -0.2) is 0 Å². The van der Waals surface area contributed by atoms with E-state index in [0.29, 0.717) is 0 Å². The predicted octanol–water partition coefficient (Wildman–Crippen LogP) is 2.04. The summed E-state index contributed by atoms with van der Waals surface area (Å²) >= 11 is 0. The third-order valence-corrected chi connectivity index (χ3v) is 1.39. The van der Waals surface area contributed by atoms with Gasteiger partial charge in [-0.15, -0.1) is 0 Å². The number of rotatable bonds is 2. The van der Waals surface area contributed by atoms with Crippen LogP contribution in [-0.4, -0.2) is 12.1 Å². The molecule has 0 aliphatic rings. The van der Waals surface area contributed by atoms with Crippen LogP contribution in [0.4, 0.5) is 0 Å². The molecule has 0 amide bonds. The fraction of sp³-hybridized carbons (Fsp3) is 0.222. The van der Waals surface area contributed by atoms with Crippen LogP contribution in [0.5, 0.6) is 5.75 Å². The summed E-state index contributed by atoms with van der Waals surface area (Å²) in [5.41, 5.74) is 1.79. The Balaban J connectivity index is 3.11. The summed E-state index contributed by atoms with van der Waals surface area (Å²) < 4.78 is 5.05. The van der Waals surface area contributed by atoms with Gasteiger partial charge in [-0.3, -0.25) is 4.98 Å². The molecule has 0 atom stereocenters. The lowest BCUT2D eigenvalue weighted by molar-refractivity contribution is 0.413. The maximum absolute atomic E-state index is 5.05. The first kappa shape index (κ1) is 7.79. The number of aryl methyl sites for hydroxylation is 1. The van der Waals surface area contributed by atoms with E-state index in [2.05, 4.69) is 11.6 Å². The molecule has 0 saturated heterocycles. The van der Waals surface area contributed by atoms with E-state index in [9.17, 15) is 0 Å². The van der Waals surface area contributed by atoms with E-state index in [1.165, 1.54) is 0 Å². The lowest BCUT2D eigenvalue weighted by Crippen LogP contribution is -1.89. The molecule has 0 N–H and O–H groups in total. The Kier molecular flexibility index (Phi) is 2.26. The van der Waals surface area contributed by atoms with Gasteiger partial charge in [0.05, 0.1) is 12.8 Å². The van der Waals surface area contributed by atoms with Gasteiger partial charge in [0.1, 0.15) is 5.75 Å². The molecule has 2 heteroatoms. The maximum atomic E-state index is 5.05. The maximum Gasteiger partial charge on any atom is 0.122 e. The van der Waals surface area contributed by atoms with Crippen molar-refractivity contribution in [3.05, 3.63) is 30.1 Å². The molecule has 0 aliphatic heterocycles. The highest BCUT2D eigenvalue weighted by atomic mass is 16.5. The highest BCUT2D eigenvalue weighted by Crippen LogP contribution is 2.13. The average Bonchev–Trinajstić information content (AvgIpc) is 2.03. The monoisotopic (exact) mass is 149 g/mol. The van der Waals surface area contributed by atoms with Crippen molar-refractivity contribution in [2.75, 3.05) is 7.11 Å². The molecule has 0 spiro atoms. The van der Waals surface area contributed by atoms with Crippen molar-refractivity contribution in [1.82, 2.24) is 4.98 Å². The van der Waals surface area contributed by atoms with Gasteiger partial charge in [-0.2, -0.15) is 0 Å². The van der Waals surface area contributed by atoms with E-state index in [0.717, 1.165) is 17.1 Å². The second-order valence-corrected chi connectivity index (χ2v) is 2.28. The third kappa shape index (κ3) is 1.80. The Hall–Kier alpha value is -1.31. The number of ether oxygens (including phenoxy) is 1. The van der Waals surface area contributed by atoms with E-state index in [1.54, 1.807) is 13.2 Å². The molecule has 11 heavy (non-hydrogen) atoms. The van der Waals surface area contributed by atoms with Gasteiger partial charge in [-0.05, 0) is 13.0 Å². The van der Waals surface area contributed by atoms with Gasteiger partial charge in [-0.1, -0.05) is 6.58 Å². The van der Waals surface area contributed by atoms with Crippen LogP contribution < -0.4 is 4.74 Å². The van der Waals surface area contributed by atoms with Crippen molar-refractivity contribution < 1.29 is 4.74 Å². The standard InChI is InChI=1S/C9H11NO/c1-4-8-6-9(11-3)5-7(2)10-8/h4-6H,1H2,2-3H3. The number of methoxy groups -OCH3 is 1. The van der Waals surface area contributed by atoms with Crippen molar-refractivity contribution in [3.8, 4) is 5.75 Å². The summed E-state index contributed by atoms with van der Waals surface area (Å²) in [6, 6.07) is 3.73. The number of hydrogen-bond acceptors (Lipinski definition) is 2. The SMILES string of the molecule is C=Cc1cc(OC)cc(C)n1. The number of hydrogen-bond donors (Lipinski definition) is 0. The van der Waals surface area contributed by atoms with Crippen molar-refractivity contribution >= 4 is 6.08 Å². The van der Waals surface area contributed by atoms with Crippen molar-refractivity contribution in [1.29, 1.82) is 0 Å². The Morgan fingerprint density at radius 3 is 2.82 bits per heavy atom. The van der Waals surface area contributed by atoms with Crippen LogP contribution in [0, 0.1) is 6.92 Å². The zero-order valence-electron chi connectivity index (χ0n) is 6.79. The van der Waals surface area contributed by atoms with Crippen LogP contribution in [0.15, 0.2) is 18.7 Å². The van der Waals surface area contributed by atoms with Crippen molar-refractivity contribution in [2.45, 2.75) is 6.92 Å². The molecule has 1 aromatic heterocycles. The molecule has 0 fully saturated rings. The Bertz CT molecular complexity index is 268. The van der Waals surface area contributed by atoms with E-state index in [1.807, 2.05) is 19.1 Å². The van der Waals surface area contributed by atoms with E-state index in [4.69, 9.17) is 4.74 Å². The quantitative estimate of drug-likeness (QED) is 0.642. The Morgan fingerprint density at radius 2 is 2.27 bits per heavy atom. The average molecular weight is 149 g/mol. The molecular formula is C9H11NO. The molecule has 0 unspecified atom stereocenters. The first-order valence-electron chi connectivity index (χ1n) is 3.41. The molecule has 0 radical (unpaired) electrons. The molecule has 1 aromatic rings. The lowest BCUT2D eigenvalue weighted by Gasteiger charge is -2.01. The van der Waals surface area contributed by atoms with Gasteiger partial charge >= 0.3 is 0 Å². The van der Waals surface area contributed by atoms with Gasteiger partial charge in [0.25, 0.3) is 0 Å². The van der Waals surface area contributed by atoms with Crippen LogP contribution in [0.25, 0.3) is 6.08 Å². The van der Waals surface area contributed by atoms with Crippen LogP contribution in [0.1, 0.15) is 11.4 Å². The first-order valence-corrected chi connectivity index (χ1v) is 3.41. The molecule has 0 saturated carbocycles. The van der Waals surface area contributed by atoms with Crippen molar-refractivity contribution in [2.24, 2.45) is 0 Å². The molecule has 0 aromatic carbocycles. The second-order valence-electron chi connectivity index (χ2n) is 2.28. The van der Waals surface area contributed by atoms with Crippen LogP contribution in [-0.2, 0) is 0 Å². The van der Waals surface area contributed by atoms with Gasteiger partial charge < -0.3 is 4.74 Å². The number of nitrogens with zero attached hydrogens (tertiary/aromatic N) is 1. The highest BCUT2D eigenvalue weighted by molar-refractivity contribution is 5.45. The number of aromatic nitrogens is 1. The second kappa shape index (κ2) is 3.19. The molecule has 0 bridgehead atoms. The summed E-state index contributed by atoms with van der Waals surface area (Å²) in [6.07, 6.45) is 1.70. The minimum atomic E-state index is 0.826. The molecule has 0 aliphatic carbocycles. The summed E-state index contributed by atoms with van der Waals surface area (Å²) in [5, 5.41) is 0. The molecule has 58 valence electrons. The zero-order chi connectivity index (χ0) is 8.27. The smallest absolute Gasteiger partial charge is 0.122 e. The van der Waals surface area contributed by atoms with Gasteiger partial charge in [0.15, 0.2) is 0 Å². The topological polar surface area (TPSA) is 22.1 Å². The minimum absolute atomic E-state index is 0.826. The Labute approximate surface area is 66.5 Å². The minimum Gasteiger partial charge on any atom is -0.497 e. The van der Waals surface area contributed by atoms with E-state index in [-0.39, 0.29) is 0 Å². The summed E-state index contributed by atoms with van der Waals surface area (Å²) in [4.78, 5) is 4.20. The molecule has 1 heterocycles. The summed E-state index contributed by atoms with van der Waals surface area (Å²) in [5.74, 6) is 0.826. The fourth-order valence-corrected chi connectivity index (χ4v) is 0.884. The van der Waals surface area contributed by atoms with Crippen LogP contribution >= 0.6 is 0 Å². The predicted molar refractivity (Wildman–Crippen MR) is 45.6 cm³/mol. The van der Waals surface area contributed by atoms with Crippen LogP contribution in [0.3, 0.4) is 0 Å². The first-order chi connectivity index (χ1) is 5.26. The normalized spacial score (nSPS) is 9.27. The zero-order valence-corrected chi connectivity index (χ0v) is 6.79. The molecule has 1 rings (SSSR count). The summed E-state index contributed by atoms with van der Waals surface area (Å²) in [6.45, 7) is 5.56. The van der Waals surface area contributed by atoms with Gasteiger partial charge in [0.2, 0.25) is 0 Å².